The molecule has 0 bridgehead atoms. The largest absolute Gasteiger partial charge is 0.461 e. The summed E-state index contributed by atoms with van der Waals surface area (Å²) in [4.78, 5) is 12.2. The molecule has 0 unspecified atom stereocenters. The highest BCUT2D eigenvalue weighted by molar-refractivity contribution is 7.96. The smallest absolute Gasteiger partial charge is 0.254 e. The average molecular weight is 699 g/mol. The van der Waals surface area contributed by atoms with Gasteiger partial charge in [0.25, 0.3) is 5.79 Å². The number of benzene rings is 4. The summed E-state index contributed by atoms with van der Waals surface area (Å²) in [5.41, 5.74) is 3.65. The minimum absolute atomic E-state index is 0.0262. The van der Waals surface area contributed by atoms with E-state index in [2.05, 4.69) is 0 Å². The predicted molar refractivity (Wildman–Crippen MR) is 187 cm³/mol. The Bertz CT molecular complexity index is 1830. The molecule has 0 amide bonds. The Morgan fingerprint density at radius 1 is 0.680 bits per heavy atom. The lowest BCUT2D eigenvalue weighted by atomic mass is 9.92. The highest BCUT2D eigenvalue weighted by Gasteiger charge is 2.62. The van der Waals surface area contributed by atoms with Crippen LogP contribution in [-0.2, 0) is 69.5 Å². The van der Waals surface area contributed by atoms with E-state index in [1.54, 1.807) is 0 Å². The molecule has 0 aliphatic carbocycles. The number of carbonyl (C=O) groups is 1. The van der Waals surface area contributed by atoms with E-state index in [1.165, 1.54) is 13.8 Å². The third kappa shape index (κ3) is 8.58. The fourth-order valence-electron chi connectivity index (χ4n) is 6.48. The number of sulfone groups is 1. The quantitative estimate of drug-likeness (QED) is 0.150. The van der Waals surface area contributed by atoms with Crippen LogP contribution in [0.4, 0.5) is 0 Å². The van der Waals surface area contributed by atoms with Gasteiger partial charge in [0.2, 0.25) is 0 Å². The van der Waals surface area contributed by atoms with Crippen LogP contribution in [0.3, 0.4) is 0 Å². The number of hydrogen-bond acceptors (Lipinski definition) is 9. The van der Waals surface area contributed by atoms with Gasteiger partial charge in [0.15, 0.2) is 21.7 Å². The molecule has 10 heteroatoms. The molecule has 1 saturated heterocycles. The molecule has 0 N–H and O–H groups in total. The number of ether oxygens (including phenoxy) is 6. The van der Waals surface area contributed by atoms with Gasteiger partial charge in [-0.3, -0.25) is 4.79 Å². The molecule has 4 aromatic carbocycles. The summed E-state index contributed by atoms with van der Waals surface area (Å²) >= 11 is 0. The maximum absolute atomic E-state index is 13.9. The first-order valence-electron chi connectivity index (χ1n) is 16.6. The van der Waals surface area contributed by atoms with Crippen LogP contribution in [0.2, 0.25) is 0 Å². The van der Waals surface area contributed by atoms with Crippen molar-refractivity contribution in [1.82, 2.24) is 0 Å². The van der Waals surface area contributed by atoms with Gasteiger partial charge < -0.3 is 28.4 Å². The Morgan fingerprint density at radius 2 is 1.12 bits per heavy atom. The molecule has 5 atom stereocenters. The van der Waals surface area contributed by atoms with Gasteiger partial charge in [-0.15, -0.1) is 0 Å². The maximum Gasteiger partial charge on any atom is 0.254 e. The van der Waals surface area contributed by atoms with Crippen LogP contribution in [0.1, 0.15) is 36.1 Å². The van der Waals surface area contributed by atoms with E-state index in [0.29, 0.717) is 0 Å². The molecule has 2 aliphatic rings. The Hall–Kier alpha value is -4.16. The van der Waals surface area contributed by atoms with Crippen LogP contribution in [-0.4, -0.2) is 56.8 Å². The Morgan fingerprint density at radius 3 is 1.58 bits per heavy atom. The van der Waals surface area contributed by atoms with Gasteiger partial charge >= 0.3 is 0 Å². The highest BCUT2D eigenvalue weighted by atomic mass is 32.2. The number of hydrogen-bond donors (Lipinski definition) is 0. The van der Waals surface area contributed by atoms with Crippen LogP contribution < -0.4 is 0 Å². The average Bonchev–Trinajstić information content (AvgIpc) is 3.10. The minimum Gasteiger partial charge on any atom is -0.461 e. The topological polar surface area (TPSA) is 107 Å². The van der Waals surface area contributed by atoms with Crippen LogP contribution >= 0.6 is 0 Å². The number of rotatable bonds is 14. The molecule has 50 heavy (non-hydrogen) atoms. The minimum atomic E-state index is -4.18. The lowest BCUT2D eigenvalue weighted by Gasteiger charge is -2.53. The van der Waals surface area contributed by atoms with E-state index >= 15 is 0 Å². The van der Waals surface area contributed by atoms with Crippen molar-refractivity contribution in [2.45, 2.75) is 70.5 Å². The molecule has 1 fully saturated rings. The lowest BCUT2D eigenvalue weighted by molar-refractivity contribution is -0.366. The van der Waals surface area contributed by atoms with Crippen LogP contribution in [0, 0.1) is 0 Å². The molecule has 0 aromatic heterocycles. The molecule has 6 rings (SSSR count). The van der Waals surface area contributed by atoms with Gasteiger partial charge in [0.05, 0.1) is 33.0 Å². The van der Waals surface area contributed by atoms with E-state index in [-0.39, 0.29) is 43.7 Å². The molecule has 0 saturated carbocycles. The van der Waals surface area contributed by atoms with Gasteiger partial charge in [-0.1, -0.05) is 121 Å². The van der Waals surface area contributed by atoms with Crippen molar-refractivity contribution in [3.05, 3.63) is 154 Å². The molecular weight excluding hydrogens is 656 g/mol. The Kier molecular flexibility index (Phi) is 11.6. The summed E-state index contributed by atoms with van der Waals surface area (Å²) in [6, 6.07) is 38.6. The first-order valence-corrected chi connectivity index (χ1v) is 18.3. The zero-order chi connectivity index (χ0) is 35.0. The molecule has 4 aromatic rings. The van der Waals surface area contributed by atoms with Crippen molar-refractivity contribution in [2.24, 2.45) is 0 Å². The van der Waals surface area contributed by atoms with E-state index in [4.69, 9.17) is 28.4 Å². The summed E-state index contributed by atoms with van der Waals surface area (Å²) in [7, 11) is -4.18. The van der Waals surface area contributed by atoms with Crippen LogP contribution in [0.25, 0.3) is 0 Å². The highest BCUT2D eigenvalue weighted by Crippen LogP contribution is 2.43. The van der Waals surface area contributed by atoms with Crippen molar-refractivity contribution in [1.29, 1.82) is 0 Å². The van der Waals surface area contributed by atoms with E-state index in [1.807, 2.05) is 121 Å². The molecule has 2 aliphatic heterocycles. The van der Waals surface area contributed by atoms with Crippen molar-refractivity contribution >= 4 is 15.6 Å². The number of Topliss-reactive ketones (excluding diaryl/α,β-unsaturated/α-hetero) is 1. The SMILES string of the molecule is CC(=O)C1=C(C)O[C@]2(CS1(=O)=O)O[C@H](COCc1ccccc1)[C@@H](OCc1ccccc1)[C@H](OCc1ccccc1)[C@H]2OCc1ccccc1. The zero-order valence-corrected chi connectivity index (χ0v) is 29.0. The van der Waals surface area contributed by atoms with Crippen molar-refractivity contribution < 1.29 is 41.6 Å². The zero-order valence-electron chi connectivity index (χ0n) is 28.2. The Labute approximate surface area is 293 Å². The van der Waals surface area contributed by atoms with Crippen molar-refractivity contribution in [2.75, 3.05) is 12.4 Å². The predicted octanol–water partition coefficient (Wildman–Crippen LogP) is 6.32. The van der Waals surface area contributed by atoms with Gasteiger partial charge in [-0.05, 0) is 36.1 Å². The molecule has 9 nitrogen and oxygen atoms in total. The van der Waals surface area contributed by atoms with E-state index < -0.39 is 51.6 Å². The summed E-state index contributed by atoms with van der Waals surface area (Å²) in [5.74, 6) is -3.24. The second kappa shape index (κ2) is 16.2. The molecule has 2 heterocycles. The van der Waals surface area contributed by atoms with E-state index in [0.717, 1.165) is 22.3 Å². The second-order valence-electron chi connectivity index (χ2n) is 12.5. The summed E-state index contributed by atoms with van der Waals surface area (Å²) in [5, 5.41) is 0. The number of allylic oxidation sites excluding steroid dienone is 2. The molecule has 262 valence electrons. The van der Waals surface area contributed by atoms with Gasteiger partial charge in [-0.25, -0.2) is 8.42 Å². The summed E-state index contributed by atoms with van der Waals surface area (Å²) in [6.45, 7) is 3.49. The third-order valence-electron chi connectivity index (χ3n) is 8.68. The monoisotopic (exact) mass is 698 g/mol. The number of ketones is 1. The van der Waals surface area contributed by atoms with Gasteiger partial charge in [0.1, 0.15) is 34.7 Å². The molecular formula is C40H42O9S. The fourth-order valence-corrected chi connectivity index (χ4v) is 8.36. The maximum atomic E-state index is 13.9. The van der Waals surface area contributed by atoms with Crippen molar-refractivity contribution in [3.8, 4) is 0 Å². The third-order valence-corrected chi connectivity index (χ3v) is 10.7. The second-order valence-corrected chi connectivity index (χ2v) is 14.4. The first-order chi connectivity index (χ1) is 24.2. The molecule has 1 spiro atoms. The van der Waals surface area contributed by atoms with Gasteiger partial charge in [0, 0.05) is 0 Å². The van der Waals surface area contributed by atoms with Gasteiger partial charge in [-0.2, -0.15) is 0 Å². The van der Waals surface area contributed by atoms with Crippen LogP contribution in [0.15, 0.2) is 132 Å². The fraction of sp³-hybridized carbons (Fsp3) is 0.325. The lowest BCUT2D eigenvalue weighted by Crippen LogP contribution is -2.70. The summed E-state index contributed by atoms with van der Waals surface area (Å²) < 4.78 is 67.3. The summed E-state index contributed by atoms with van der Waals surface area (Å²) in [6.07, 6.45) is -3.66. The first kappa shape index (κ1) is 35.7. The van der Waals surface area contributed by atoms with E-state index in [9.17, 15) is 13.2 Å². The van der Waals surface area contributed by atoms with Crippen molar-refractivity contribution in [3.63, 3.8) is 0 Å². The number of carbonyl (C=O) groups excluding carboxylic acids is 1. The Balaban J connectivity index is 1.42. The molecule has 0 radical (unpaired) electrons. The van der Waals surface area contributed by atoms with Crippen LogP contribution in [0.5, 0.6) is 0 Å². The normalized spacial score (nSPS) is 24.5. The standard InChI is InChI=1S/C40H42O9S/c1-29(41)38-30(2)48-40(28-50(38,42)43)39(47-26-34-21-13-6-14-22-34)37(46-25-33-19-11-5-12-20-33)36(45-24-32-17-9-4-10-18-32)35(49-40)27-44-23-31-15-7-3-8-16-31/h3-22,35-37,39H,23-28H2,1-2H3/t35-,36-,37+,39-,40-/m1/s1.